The first kappa shape index (κ1) is 9.26. The largest absolute Gasteiger partial charge is 0.328 e. The molecule has 0 aliphatic heterocycles. The average Bonchev–Trinajstić information content (AvgIpc) is 2.33. The maximum Gasteiger partial charge on any atom is 0.0524 e. The highest BCUT2D eigenvalue weighted by Gasteiger charge is 2.09. The molecule has 0 amide bonds. The lowest BCUT2D eigenvalue weighted by molar-refractivity contribution is 0.705. The smallest absolute Gasteiger partial charge is 0.0524 e. The number of rotatable bonds is 3. The van der Waals surface area contributed by atoms with Crippen LogP contribution in [0.15, 0.2) is 6.20 Å². The van der Waals surface area contributed by atoms with Gasteiger partial charge in [-0.2, -0.15) is 5.10 Å². The highest BCUT2D eigenvalue weighted by molar-refractivity contribution is 5.20. The summed E-state index contributed by atoms with van der Waals surface area (Å²) in [6, 6.07) is 0.197. The molecule has 3 heteroatoms. The highest BCUT2D eigenvalue weighted by atomic mass is 15.1. The minimum atomic E-state index is 0.197. The maximum atomic E-state index is 5.70. The Balaban J connectivity index is 2.77. The van der Waals surface area contributed by atoms with E-state index in [-0.39, 0.29) is 6.04 Å². The van der Waals surface area contributed by atoms with Gasteiger partial charge in [-0.25, -0.2) is 0 Å². The van der Waals surface area contributed by atoms with Crippen molar-refractivity contribution in [3.8, 4) is 0 Å². The molecule has 1 rings (SSSR count). The van der Waals surface area contributed by atoms with Crippen molar-refractivity contribution in [1.29, 1.82) is 0 Å². The Labute approximate surface area is 73.4 Å². The van der Waals surface area contributed by atoms with E-state index in [4.69, 9.17) is 5.73 Å². The standard InChI is InChI=1S/C9H17N3/c1-6(2)8-5-11-12-9(8)4-7(3)10/h5-7H,4,10H2,1-3H3,(H,11,12). The summed E-state index contributed by atoms with van der Waals surface area (Å²) in [5, 5.41) is 7.00. The lowest BCUT2D eigenvalue weighted by Gasteiger charge is -2.07. The molecule has 0 spiro atoms. The van der Waals surface area contributed by atoms with E-state index in [1.165, 1.54) is 11.3 Å². The van der Waals surface area contributed by atoms with Gasteiger partial charge >= 0.3 is 0 Å². The molecule has 3 N–H and O–H groups in total. The van der Waals surface area contributed by atoms with E-state index in [1.807, 2.05) is 13.1 Å². The molecule has 1 heterocycles. The summed E-state index contributed by atoms with van der Waals surface area (Å²) >= 11 is 0. The lowest BCUT2D eigenvalue weighted by atomic mass is 10.0. The van der Waals surface area contributed by atoms with E-state index in [0.717, 1.165) is 6.42 Å². The second-order valence-electron chi connectivity index (χ2n) is 3.64. The van der Waals surface area contributed by atoms with Crippen molar-refractivity contribution in [3.05, 3.63) is 17.5 Å². The summed E-state index contributed by atoms with van der Waals surface area (Å²) in [6.07, 6.45) is 2.77. The van der Waals surface area contributed by atoms with E-state index in [1.54, 1.807) is 0 Å². The fraction of sp³-hybridized carbons (Fsp3) is 0.667. The minimum Gasteiger partial charge on any atom is -0.328 e. The van der Waals surface area contributed by atoms with Crippen LogP contribution in [-0.4, -0.2) is 16.2 Å². The van der Waals surface area contributed by atoms with Crippen molar-refractivity contribution in [1.82, 2.24) is 10.2 Å². The highest BCUT2D eigenvalue weighted by Crippen LogP contribution is 2.17. The van der Waals surface area contributed by atoms with Gasteiger partial charge in [-0.1, -0.05) is 13.8 Å². The number of H-pyrrole nitrogens is 1. The first-order valence-corrected chi connectivity index (χ1v) is 4.39. The maximum absolute atomic E-state index is 5.70. The number of nitrogens with two attached hydrogens (primary N) is 1. The summed E-state index contributed by atoms with van der Waals surface area (Å²) < 4.78 is 0. The van der Waals surface area contributed by atoms with Crippen LogP contribution in [0.4, 0.5) is 0 Å². The van der Waals surface area contributed by atoms with Crippen LogP contribution in [0, 0.1) is 0 Å². The van der Waals surface area contributed by atoms with Gasteiger partial charge in [-0.05, 0) is 18.4 Å². The Morgan fingerprint density at radius 1 is 1.50 bits per heavy atom. The molecule has 0 fully saturated rings. The summed E-state index contributed by atoms with van der Waals surface area (Å²) in [4.78, 5) is 0. The van der Waals surface area contributed by atoms with Crippen LogP contribution < -0.4 is 5.73 Å². The van der Waals surface area contributed by atoms with Gasteiger partial charge in [-0.15, -0.1) is 0 Å². The fourth-order valence-corrected chi connectivity index (χ4v) is 1.31. The van der Waals surface area contributed by atoms with Gasteiger partial charge < -0.3 is 5.73 Å². The lowest BCUT2D eigenvalue weighted by Crippen LogP contribution is -2.18. The van der Waals surface area contributed by atoms with Crippen LogP contribution in [0.5, 0.6) is 0 Å². The van der Waals surface area contributed by atoms with Gasteiger partial charge in [0, 0.05) is 18.2 Å². The summed E-state index contributed by atoms with van der Waals surface area (Å²) in [7, 11) is 0. The van der Waals surface area contributed by atoms with Crippen LogP contribution in [-0.2, 0) is 6.42 Å². The Morgan fingerprint density at radius 2 is 2.17 bits per heavy atom. The van der Waals surface area contributed by atoms with Crippen molar-refractivity contribution < 1.29 is 0 Å². The molecule has 1 unspecified atom stereocenters. The van der Waals surface area contributed by atoms with Crippen LogP contribution in [0.25, 0.3) is 0 Å². The quantitative estimate of drug-likeness (QED) is 0.715. The first-order chi connectivity index (χ1) is 5.61. The second-order valence-corrected chi connectivity index (χ2v) is 3.64. The molecule has 1 atom stereocenters. The fourth-order valence-electron chi connectivity index (χ4n) is 1.31. The van der Waals surface area contributed by atoms with Gasteiger partial charge in [0.25, 0.3) is 0 Å². The van der Waals surface area contributed by atoms with Gasteiger partial charge in [0.2, 0.25) is 0 Å². The average molecular weight is 167 g/mol. The zero-order valence-corrected chi connectivity index (χ0v) is 7.96. The Kier molecular flexibility index (Phi) is 2.87. The van der Waals surface area contributed by atoms with Gasteiger partial charge in [-0.3, -0.25) is 5.10 Å². The molecular formula is C9H17N3. The summed E-state index contributed by atoms with van der Waals surface area (Å²) in [5.74, 6) is 0.525. The third-order valence-electron chi connectivity index (χ3n) is 1.90. The predicted octanol–water partition coefficient (Wildman–Crippen LogP) is 1.42. The molecule has 3 nitrogen and oxygen atoms in total. The molecule has 0 radical (unpaired) electrons. The Bertz CT molecular complexity index is 238. The minimum absolute atomic E-state index is 0.197. The van der Waals surface area contributed by atoms with E-state index >= 15 is 0 Å². The topological polar surface area (TPSA) is 54.7 Å². The molecule has 0 saturated heterocycles. The Morgan fingerprint density at radius 3 is 2.67 bits per heavy atom. The summed E-state index contributed by atoms with van der Waals surface area (Å²) in [6.45, 7) is 6.33. The monoisotopic (exact) mass is 167 g/mol. The molecule has 0 aliphatic rings. The molecule has 12 heavy (non-hydrogen) atoms. The van der Waals surface area contributed by atoms with Gasteiger partial charge in [0.15, 0.2) is 0 Å². The van der Waals surface area contributed by atoms with E-state index in [0.29, 0.717) is 5.92 Å². The third-order valence-corrected chi connectivity index (χ3v) is 1.90. The zero-order valence-electron chi connectivity index (χ0n) is 7.96. The number of hydrogen-bond acceptors (Lipinski definition) is 2. The van der Waals surface area contributed by atoms with Crippen molar-refractivity contribution in [2.24, 2.45) is 5.73 Å². The van der Waals surface area contributed by atoms with Gasteiger partial charge in [0.05, 0.1) is 6.20 Å². The summed E-state index contributed by atoms with van der Waals surface area (Å²) in [5.41, 5.74) is 8.17. The molecule has 1 aromatic rings. The number of aromatic amines is 1. The first-order valence-electron chi connectivity index (χ1n) is 4.39. The molecule has 68 valence electrons. The number of nitrogens with zero attached hydrogens (tertiary/aromatic N) is 1. The van der Waals surface area contributed by atoms with Crippen molar-refractivity contribution in [2.75, 3.05) is 0 Å². The van der Waals surface area contributed by atoms with E-state index in [9.17, 15) is 0 Å². The van der Waals surface area contributed by atoms with Gasteiger partial charge in [0.1, 0.15) is 0 Å². The van der Waals surface area contributed by atoms with Crippen LogP contribution in [0.2, 0.25) is 0 Å². The van der Waals surface area contributed by atoms with E-state index < -0.39 is 0 Å². The zero-order chi connectivity index (χ0) is 9.14. The second kappa shape index (κ2) is 3.72. The number of aromatic nitrogens is 2. The molecule has 1 aromatic heterocycles. The molecule has 0 aromatic carbocycles. The van der Waals surface area contributed by atoms with Crippen molar-refractivity contribution in [2.45, 2.75) is 39.2 Å². The third kappa shape index (κ3) is 2.08. The van der Waals surface area contributed by atoms with Crippen molar-refractivity contribution >= 4 is 0 Å². The molecule has 0 bridgehead atoms. The van der Waals surface area contributed by atoms with E-state index in [2.05, 4.69) is 24.0 Å². The van der Waals surface area contributed by atoms with Crippen molar-refractivity contribution in [3.63, 3.8) is 0 Å². The number of hydrogen-bond donors (Lipinski definition) is 2. The molecular weight excluding hydrogens is 150 g/mol. The van der Waals surface area contributed by atoms with Crippen LogP contribution in [0.3, 0.4) is 0 Å². The molecule has 0 saturated carbocycles. The SMILES string of the molecule is CC(N)Cc1[nH]ncc1C(C)C. The molecule has 0 aliphatic carbocycles. The predicted molar refractivity (Wildman–Crippen MR) is 50.0 cm³/mol. The van der Waals surface area contributed by atoms with Crippen LogP contribution >= 0.6 is 0 Å². The number of nitrogens with one attached hydrogen (secondary N) is 1. The normalized spacial score (nSPS) is 13.8. The Hall–Kier alpha value is -0.830. The van der Waals surface area contributed by atoms with Crippen LogP contribution in [0.1, 0.15) is 37.9 Å².